The molecule has 2 aromatic heterocycles. The van der Waals surface area contributed by atoms with Crippen molar-refractivity contribution >= 4 is 21.8 Å². The molecule has 0 saturated heterocycles. The first-order valence-electron chi connectivity index (χ1n) is 7.91. The van der Waals surface area contributed by atoms with Crippen LogP contribution in [0.5, 0.6) is 0 Å². The molecular formula is C13H19BrCoN9O8. The number of hydrogen-bond acceptors (Lipinski definition) is 12. The minimum atomic E-state index is -1.75. The van der Waals surface area contributed by atoms with E-state index in [0.29, 0.717) is 42.9 Å². The largest absolute Gasteiger partial charge is 3.00 e. The summed E-state index contributed by atoms with van der Waals surface area (Å²) in [4.78, 5) is 43.9. The van der Waals surface area contributed by atoms with E-state index in [1.165, 1.54) is 0 Å². The molecule has 0 radical (unpaired) electrons. The second-order valence-corrected chi connectivity index (χ2v) is 5.76. The van der Waals surface area contributed by atoms with Crippen LogP contribution in [0.3, 0.4) is 0 Å². The van der Waals surface area contributed by atoms with Crippen LogP contribution >= 0.6 is 15.9 Å². The molecule has 32 heavy (non-hydrogen) atoms. The molecule has 0 bridgehead atoms. The quantitative estimate of drug-likeness (QED) is 0.206. The summed E-state index contributed by atoms with van der Waals surface area (Å²) in [5.74, 6) is 0.164. The molecule has 2 aromatic rings. The van der Waals surface area contributed by atoms with Crippen LogP contribution in [0, 0.1) is 30.6 Å². The number of nitrogens with one attached hydrogen (secondary N) is 2. The fourth-order valence-electron chi connectivity index (χ4n) is 1.72. The Hall–Kier alpha value is -2.97. The van der Waals surface area contributed by atoms with E-state index in [1.807, 2.05) is 0 Å². The Morgan fingerprint density at radius 1 is 1.22 bits per heavy atom. The monoisotopic (exact) mass is 567 g/mol. The van der Waals surface area contributed by atoms with Gasteiger partial charge in [0.1, 0.15) is 17.4 Å². The first-order chi connectivity index (χ1) is 14.2. The Kier molecular flexibility index (Phi) is 21.0. The van der Waals surface area contributed by atoms with Gasteiger partial charge in [-0.2, -0.15) is 0 Å². The van der Waals surface area contributed by atoms with Gasteiger partial charge in [-0.3, -0.25) is 0 Å². The minimum Gasteiger partial charge on any atom is -0.647 e. The molecule has 0 spiro atoms. The number of aromatic nitrogens is 4. The Labute approximate surface area is 199 Å². The molecule has 180 valence electrons. The van der Waals surface area contributed by atoms with E-state index >= 15 is 0 Å². The number of carbonyl (C=O) groups excluding carboxylic acids is 1. The van der Waals surface area contributed by atoms with Crippen molar-refractivity contribution in [2.75, 3.05) is 19.6 Å². The maximum absolute atomic E-state index is 12.1. The number of hydrogen-bond donors (Lipinski definition) is 3. The van der Waals surface area contributed by atoms with E-state index in [1.54, 1.807) is 18.7 Å². The van der Waals surface area contributed by atoms with Crippen LogP contribution in [0.4, 0.5) is 0 Å². The number of nitrogens with zero attached hydrogens (tertiary/aromatic N) is 6. The van der Waals surface area contributed by atoms with Gasteiger partial charge in [-0.05, 0) is 22.4 Å². The minimum absolute atomic E-state index is 0. The molecule has 1 amide bonds. The van der Waals surface area contributed by atoms with Crippen molar-refractivity contribution in [3.8, 4) is 0 Å². The average molecular weight is 568 g/mol. The second-order valence-electron chi connectivity index (χ2n) is 4.91. The van der Waals surface area contributed by atoms with Crippen LogP contribution in [-0.2, 0) is 29.7 Å². The number of halogens is 1. The summed E-state index contributed by atoms with van der Waals surface area (Å²) in [5, 5.41) is 36.6. The predicted octanol–water partition coefficient (Wildman–Crippen LogP) is -0.538. The topological polar surface area (TPSA) is 288 Å². The summed E-state index contributed by atoms with van der Waals surface area (Å²) < 4.78 is 0.533. The number of aromatic amines is 1. The fraction of sp³-hybridized carbons (Fsp3) is 0.385. The Balaban J connectivity index is -0.000000729. The zero-order valence-electron chi connectivity index (χ0n) is 16.1. The van der Waals surface area contributed by atoms with Gasteiger partial charge in [-0.25, -0.2) is 15.0 Å². The van der Waals surface area contributed by atoms with E-state index in [0.717, 1.165) is 5.69 Å². The predicted molar refractivity (Wildman–Crippen MR) is 110 cm³/mol. The van der Waals surface area contributed by atoms with E-state index < -0.39 is 10.2 Å². The van der Waals surface area contributed by atoms with Crippen molar-refractivity contribution in [3.63, 3.8) is 0 Å². The molecule has 0 unspecified atom stereocenters. The van der Waals surface area contributed by atoms with Crippen LogP contribution in [-0.4, -0.2) is 61.1 Å². The molecule has 0 fully saturated rings. The summed E-state index contributed by atoms with van der Waals surface area (Å²) in [6, 6.07) is 0. The molecule has 0 aliphatic rings. The third-order valence-electron chi connectivity index (χ3n) is 2.79. The van der Waals surface area contributed by atoms with Crippen molar-refractivity contribution < 1.29 is 37.2 Å². The van der Waals surface area contributed by atoms with Gasteiger partial charge in [0.25, 0.3) is 0 Å². The number of nitrogens with two attached hydrogens (primary N) is 1. The van der Waals surface area contributed by atoms with E-state index in [9.17, 15) is 4.79 Å². The van der Waals surface area contributed by atoms with Crippen molar-refractivity contribution in [1.82, 2.24) is 25.3 Å². The fourth-order valence-corrected chi connectivity index (χ4v) is 2.08. The molecule has 0 atom stereocenters. The summed E-state index contributed by atoms with van der Waals surface area (Å²) in [6.07, 6.45) is 5.49. The normalized spacial score (nSPS) is 8.81. The summed E-state index contributed by atoms with van der Waals surface area (Å²) >= 11 is 3.28. The molecular weight excluding hydrogens is 549 g/mol. The zero-order chi connectivity index (χ0) is 22.9. The first kappa shape index (κ1) is 33.7. The smallest absolute Gasteiger partial charge is 0.647 e. The third kappa shape index (κ3) is 17.8. The standard InChI is InChI=1S/C13H18BrN7O.Co.2NO3.H2O/c14-10-6-19-11(7-16-4-2-15)21-12(10)13(22)18-3-1-9-5-17-8-20-9;;2*2-1(3)4;/h5-6,8,16H,1-4,7,15H2,(H2,17,18,20,22);;;;1H2/q;+3;2*-1;/p-1. The number of H-pyrrole nitrogens is 1. The van der Waals surface area contributed by atoms with E-state index in [4.69, 9.17) is 36.4 Å². The summed E-state index contributed by atoms with van der Waals surface area (Å²) in [6.45, 7) is 2.03. The van der Waals surface area contributed by atoms with Gasteiger partial charge >= 0.3 is 16.8 Å². The van der Waals surface area contributed by atoms with E-state index in [2.05, 4.69) is 46.5 Å². The number of amides is 1. The Morgan fingerprint density at radius 3 is 2.31 bits per heavy atom. The Bertz CT molecular complexity index is 780. The number of imidazole rings is 1. The number of carbonyl (C=O) groups is 1. The molecule has 19 heteroatoms. The molecule has 6 N–H and O–H groups in total. The van der Waals surface area contributed by atoms with Gasteiger partial charge < -0.3 is 62.3 Å². The maximum Gasteiger partial charge on any atom is 3.00 e. The van der Waals surface area contributed by atoms with Gasteiger partial charge in [0.05, 0.1) is 27.5 Å². The van der Waals surface area contributed by atoms with Crippen LogP contribution < -0.4 is 11.1 Å². The molecule has 0 aliphatic carbocycles. The second kappa shape index (κ2) is 20.0. The van der Waals surface area contributed by atoms with Crippen molar-refractivity contribution in [2.24, 2.45) is 5.73 Å². The van der Waals surface area contributed by atoms with Gasteiger partial charge in [0.15, 0.2) is 0 Å². The molecule has 0 aromatic carbocycles. The van der Waals surface area contributed by atoms with Crippen LogP contribution in [0.25, 0.3) is 5.32 Å². The molecule has 2 heterocycles. The summed E-state index contributed by atoms with van der Waals surface area (Å²) in [5.41, 5.74) is 6.61. The van der Waals surface area contributed by atoms with Gasteiger partial charge in [-0.1, -0.05) is 0 Å². The Morgan fingerprint density at radius 2 is 1.81 bits per heavy atom. The molecule has 2 rings (SSSR count). The molecule has 0 aliphatic heterocycles. The zero-order valence-corrected chi connectivity index (χ0v) is 18.7. The van der Waals surface area contributed by atoms with Gasteiger partial charge in [0, 0.05) is 31.2 Å². The molecule has 17 nitrogen and oxygen atoms in total. The van der Waals surface area contributed by atoms with Crippen LogP contribution in [0.15, 0.2) is 23.2 Å². The van der Waals surface area contributed by atoms with Crippen molar-refractivity contribution in [2.45, 2.75) is 13.0 Å². The van der Waals surface area contributed by atoms with E-state index in [-0.39, 0.29) is 33.9 Å². The first-order valence-corrected chi connectivity index (χ1v) is 8.71. The van der Waals surface area contributed by atoms with Crippen LogP contribution in [0.2, 0.25) is 0 Å². The van der Waals surface area contributed by atoms with Crippen molar-refractivity contribution in [1.29, 1.82) is 0 Å². The number of rotatable bonds is 8. The van der Waals surface area contributed by atoms with Crippen molar-refractivity contribution in [3.05, 3.63) is 76.4 Å². The van der Waals surface area contributed by atoms with Gasteiger partial charge in [-0.15, -0.1) is 6.54 Å². The summed E-state index contributed by atoms with van der Waals surface area (Å²) in [7, 11) is 0. The average Bonchev–Trinajstić information content (AvgIpc) is 3.16. The van der Waals surface area contributed by atoms with Gasteiger partial charge in [0.2, 0.25) is 0 Å². The third-order valence-corrected chi connectivity index (χ3v) is 3.37. The molecule has 0 saturated carbocycles. The maximum atomic E-state index is 12.1. The SMILES string of the molecule is NCCNCc1ncc(Br)c(C(=O)[N-]CCc2cnc[nH]2)n1.O.O=[N+]([O-])[O-].O=[N+]([O-])[O-].[Co+3]. The van der Waals surface area contributed by atoms with Crippen LogP contribution in [0.1, 0.15) is 22.0 Å².